The Hall–Kier alpha value is -2.14. The first kappa shape index (κ1) is 14.3. The fraction of sp³-hybridized carbons (Fsp3) is 0.333. The Bertz CT molecular complexity index is 560. The first-order valence-corrected chi connectivity index (χ1v) is 6.68. The molecule has 20 heavy (non-hydrogen) atoms. The largest absolute Gasteiger partial charge is 0.325 e. The Kier molecular flexibility index (Phi) is 4.90. The van der Waals surface area contributed by atoms with Gasteiger partial charge in [0.15, 0.2) is 0 Å². The number of carbonyl (C=O) groups is 1. The van der Waals surface area contributed by atoms with Crippen LogP contribution in [0.1, 0.15) is 11.1 Å². The number of benzene rings is 1. The third-order valence-corrected chi connectivity index (χ3v) is 2.97. The van der Waals surface area contributed by atoms with E-state index in [4.69, 9.17) is 0 Å². The molecule has 0 bridgehead atoms. The minimum absolute atomic E-state index is 0.0277. The molecule has 0 aliphatic heterocycles. The molecule has 1 aromatic carbocycles. The van der Waals surface area contributed by atoms with Crippen LogP contribution in [0.4, 0.5) is 5.69 Å². The maximum absolute atomic E-state index is 11.7. The van der Waals surface area contributed by atoms with E-state index in [0.29, 0.717) is 6.54 Å². The predicted octanol–water partition coefficient (Wildman–Crippen LogP) is 1.50. The van der Waals surface area contributed by atoms with E-state index in [9.17, 15) is 4.79 Å². The van der Waals surface area contributed by atoms with Crippen LogP contribution in [0, 0.1) is 6.92 Å². The Morgan fingerprint density at radius 1 is 1.30 bits per heavy atom. The second kappa shape index (κ2) is 6.86. The van der Waals surface area contributed by atoms with E-state index in [1.165, 1.54) is 11.1 Å². The summed E-state index contributed by atoms with van der Waals surface area (Å²) in [6, 6.07) is 7.77. The number of rotatable bonds is 6. The fourth-order valence-corrected chi connectivity index (χ4v) is 1.88. The molecular weight excluding hydrogens is 252 g/mol. The number of aromatic nitrogens is 2. The Balaban J connectivity index is 1.66. The highest BCUT2D eigenvalue weighted by atomic mass is 16.1. The quantitative estimate of drug-likeness (QED) is 0.783. The molecule has 0 fully saturated rings. The van der Waals surface area contributed by atoms with E-state index in [0.717, 1.165) is 18.7 Å². The van der Waals surface area contributed by atoms with Gasteiger partial charge in [-0.05, 0) is 37.6 Å². The van der Waals surface area contributed by atoms with Crippen molar-refractivity contribution in [2.45, 2.75) is 13.3 Å². The number of anilines is 1. The summed E-state index contributed by atoms with van der Waals surface area (Å²) in [6.07, 6.45) is 4.69. The minimum atomic E-state index is -0.0277. The van der Waals surface area contributed by atoms with E-state index in [1.54, 1.807) is 4.68 Å². The van der Waals surface area contributed by atoms with Crippen molar-refractivity contribution >= 4 is 11.6 Å². The van der Waals surface area contributed by atoms with E-state index in [2.05, 4.69) is 15.7 Å². The standard InChI is InChI=1S/C15H20N4O/c1-12-3-5-14(6-4-12)18-15(20)10-16-8-7-13-9-17-19(2)11-13/h3-6,9,11,16H,7-8,10H2,1-2H3,(H,18,20). The molecule has 1 amide bonds. The lowest BCUT2D eigenvalue weighted by molar-refractivity contribution is -0.115. The highest BCUT2D eigenvalue weighted by molar-refractivity contribution is 5.92. The van der Waals surface area contributed by atoms with E-state index in [-0.39, 0.29) is 5.91 Å². The third kappa shape index (κ3) is 4.51. The van der Waals surface area contributed by atoms with Crippen molar-refractivity contribution in [3.8, 4) is 0 Å². The van der Waals surface area contributed by atoms with Crippen LogP contribution in [0.2, 0.25) is 0 Å². The fourth-order valence-electron chi connectivity index (χ4n) is 1.88. The van der Waals surface area contributed by atoms with Crippen molar-refractivity contribution < 1.29 is 4.79 Å². The summed E-state index contributed by atoms with van der Waals surface area (Å²) in [5.74, 6) is -0.0277. The van der Waals surface area contributed by atoms with E-state index < -0.39 is 0 Å². The van der Waals surface area contributed by atoms with Gasteiger partial charge in [0, 0.05) is 18.9 Å². The molecule has 0 saturated heterocycles. The molecular formula is C15H20N4O. The average Bonchev–Trinajstić information content (AvgIpc) is 2.83. The van der Waals surface area contributed by atoms with Crippen LogP contribution < -0.4 is 10.6 Å². The molecule has 0 radical (unpaired) electrons. The molecule has 0 aliphatic carbocycles. The van der Waals surface area contributed by atoms with Crippen molar-refractivity contribution in [3.63, 3.8) is 0 Å². The van der Waals surface area contributed by atoms with Crippen LogP contribution in [0.5, 0.6) is 0 Å². The van der Waals surface area contributed by atoms with Gasteiger partial charge in [-0.3, -0.25) is 9.48 Å². The normalized spacial score (nSPS) is 10.5. The zero-order valence-corrected chi connectivity index (χ0v) is 11.9. The van der Waals surface area contributed by atoms with Gasteiger partial charge in [-0.15, -0.1) is 0 Å². The minimum Gasteiger partial charge on any atom is -0.325 e. The summed E-state index contributed by atoms with van der Waals surface area (Å²) >= 11 is 0. The lowest BCUT2D eigenvalue weighted by Crippen LogP contribution is -2.29. The zero-order chi connectivity index (χ0) is 14.4. The lowest BCUT2D eigenvalue weighted by atomic mass is 10.2. The van der Waals surface area contributed by atoms with Crippen LogP contribution in [-0.4, -0.2) is 28.8 Å². The Morgan fingerprint density at radius 2 is 2.05 bits per heavy atom. The number of carbonyl (C=O) groups excluding carboxylic acids is 1. The molecule has 106 valence electrons. The summed E-state index contributed by atoms with van der Waals surface area (Å²) in [5.41, 5.74) is 3.17. The van der Waals surface area contributed by atoms with Crippen molar-refractivity contribution in [1.82, 2.24) is 15.1 Å². The molecule has 0 unspecified atom stereocenters. The smallest absolute Gasteiger partial charge is 0.238 e. The second-order valence-corrected chi connectivity index (χ2v) is 4.86. The number of nitrogens with zero attached hydrogens (tertiary/aromatic N) is 2. The summed E-state index contributed by atoms with van der Waals surface area (Å²) in [6.45, 7) is 3.09. The summed E-state index contributed by atoms with van der Waals surface area (Å²) in [5, 5.41) is 10.1. The Morgan fingerprint density at radius 3 is 2.70 bits per heavy atom. The topological polar surface area (TPSA) is 59.0 Å². The molecule has 5 nitrogen and oxygen atoms in total. The number of nitrogens with one attached hydrogen (secondary N) is 2. The number of aryl methyl sites for hydroxylation is 2. The van der Waals surface area contributed by atoms with Crippen molar-refractivity contribution in [3.05, 3.63) is 47.8 Å². The van der Waals surface area contributed by atoms with Gasteiger partial charge >= 0.3 is 0 Å². The first-order chi connectivity index (χ1) is 9.63. The molecule has 1 heterocycles. The maximum Gasteiger partial charge on any atom is 0.238 e. The van der Waals surface area contributed by atoms with Crippen LogP contribution in [-0.2, 0) is 18.3 Å². The molecule has 0 aliphatic rings. The van der Waals surface area contributed by atoms with Gasteiger partial charge in [-0.25, -0.2) is 0 Å². The van der Waals surface area contributed by atoms with Crippen molar-refractivity contribution in [1.29, 1.82) is 0 Å². The van der Waals surface area contributed by atoms with Gasteiger partial charge < -0.3 is 10.6 Å². The van der Waals surface area contributed by atoms with Crippen LogP contribution in [0.25, 0.3) is 0 Å². The highest BCUT2D eigenvalue weighted by Gasteiger charge is 2.02. The molecule has 5 heteroatoms. The van der Waals surface area contributed by atoms with Gasteiger partial charge in [-0.2, -0.15) is 5.10 Å². The van der Waals surface area contributed by atoms with Crippen molar-refractivity contribution in [2.75, 3.05) is 18.4 Å². The first-order valence-electron chi connectivity index (χ1n) is 6.68. The second-order valence-electron chi connectivity index (χ2n) is 4.86. The number of hydrogen-bond acceptors (Lipinski definition) is 3. The van der Waals surface area contributed by atoms with Crippen LogP contribution in [0.15, 0.2) is 36.7 Å². The number of amides is 1. The summed E-state index contributed by atoms with van der Waals surface area (Å²) in [4.78, 5) is 11.7. The monoisotopic (exact) mass is 272 g/mol. The van der Waals surface area contributed by atoms with Gasteiger partial charge in [0.2, 0.25) is 5.91 Å². The molecule has 0 spiro atoms. The van der Waals surface area contributed by atoms with Gasteiger partial charge in [0.05, 0.1) is 12.7 Å². The zero-order valence-electron chi connectivity index (χ0n) is 11.9. The predicted molar refractivity (Wildman–Crippen MR) is 79.6 cm³/mol. The molecule has 2 N–H and O–H groups in total. The van der Waals surface area contributed by atoms with Crippen LogP contribution in [0.3, 0.4) is 0 Å². The Labute approximate surface area is 119 Å². The highest BCUT2D eigenvalue weighted by Crippen LogP contribution is 2.07. The maximum atomic E-state index is 11.7. The lowest BCUT2D eigenvalue weighted by Gasteiger charge is -2.06. The molecule has 0 saturated carbocycles. The van der Waals surface area contributed by atoms with Crippen LogP contribution >= 0.6 is 0 Å². The molecule has 2 aromatic rings. The molecule has 1 aromatic heterocycles. The number of hydrogen-bond donors (Lipinski definition) is 2. The van der Waals surface area contributed by atoms with Crippen molar-refractivity contribution in [2.24, 2.45) is 7.05 Å². The molecule has 0 atom stereocenters. The third-order valence-electron chi connectivity index (χ3n) is 2.97. The van der Waals surface area contributed by atoms with Gasteiger partial charge in [0.1, 0.15) is 0 Å². The molecule has 2 rings (SSSR count). The summed E-state index contributed by atoms with van der Waals surface area (Å²) in [7, 11) is 1.89. The van der Waals surface area contributed by atoms with E-state index >= 15 is 0 Å². The average molecular weight is 272 g/mol. The SMILES string of the molecule is Cc1ccc(NC(=O)CNCCc2cnn(C)c2)cc1. The van der Waals surface area contributed by atoms with Gasteiger partial charge in [0.25, 0.3) is 0 Å². The van der Waals surface area contributed by atoms with E-state index in [1.807, 2.05) is 50.6 Å². The van der Waals surface area contributed by atoms with Gasteiger partial charge in [-0.1, -0.05) is 17.7 Å². The summed E-state index contributed by atoms with van der Waals surface area (Å²) < 4.78 is 1.78.